The van der Waals surface area contributed by atoms with E-state index >= 15 is 0 Å². The van der Waals surface area contributed by atoms with E-state index in [1.54, 1.807) is 12.1 Å². The van der Waals surface area contributed by atoms with Crippen LogP contribution in [-0.2, 0) is 27.2 Å². The van der Waals surface area contributed by atoms with Gasteiger partial charge < -0.3 is 34.5 Å². The number of rotatable bonds is 15. The number of piperazine rings is 1. The van der Waals surface area contributed by atoms with E-state index in [4.69, 9.17) is 18.9 Å². The molecular weight excluding hydrogens is 540 g/mol. The molecule has 0 radical (unpaired) electrons. The standard InChI is InChI=1S/C31H44N4O7/c1-4-6-16-40-30(37)33-20-24-10-13-27(39-3)28(19-24)42-22-29(36)35-15-14-32-21-26(35)18-23-8-11-25(12-9-23)34-31(38)41-17-7-5-2/h8-13,19,26,32H,4-7,14-18,20-22H2,1-3H3,(H,33,37)(H,34,38). The first-order valence-corrected chi connectivity index (χ1v) is 14.7. The maximum Gasteiger partial charge on any atom is 0.411 e. The second-order valence-electron chi connectivity index (χ2n) is 10.1. The van der Waals surface area contributed by atoms with Crippen LogP contribution < -0.4 is 25.4 Å². The number of carbonyl (C=O) groups is 3. The summed E-state index contributed by atoms with van der Waals surface area (Å²) in [5.74, 6) is 0.795. The zero-order valence-corrected chi connectivity index (χ0v) is 24.9. The molecule has 11 heteroatoms. The third-order valence-electron chi connectivity index (χ3n) is 6.82. The molecule has 2 aromatic carbocycles. The summed E-state index contributed by atoms with van der Waals surface area (Å²) in [6, 6.07) is 12.8. The summed E-state index contributed by atoms with van der Waals surface area (Å²) in [6.45, 7) is 6.88. The van der Waals surface area contributed by atoms with E-state index in [9.17, 15) is 14.4 Å². The summed E-state index contributed by atoms with van der Waals surface area (Å²) in [5.41, 5.74) is 2.49. The van der Waals surface area contributed by atoms with Gasteiger partial charge in [-0.15, -0.1) is 0 Å². The van der Waals surface area contributed by atoms with E-state index in [0.29, 0.717) is 56.5 Å². The number of carbonyl (C=O) groups excluding carboxylic acids is 3. The number of nitrogens with zero attached hydrogens (tertiary/aromatic N) is 1. The van der Waals surface area contributed by atoms with Crippen LogP contribution in [-0.4, -0.2) is 75.6 Å². The molecule has 11 nitrogen and oxygen atoms in total. The lowest BCUT2D eigenvalue weighted by atomic mass is 10.0. The van der Waals surface area contributed by atoms with Crippen LogP contribution in [0, 0.1) is 0 Å². The number of hydrogen-bond acceptors (Lipinski definition) is 8. The van der Waals surface area contributed by atoms with E-state index in [1.165, 1.54) is 7.11 Å². The van der Waals surface area contributed by atoms with Crippen molar-refractivity contribution >= 4 is 23.8 Å². The molecule has 1 saturated heterocycles. The second-order valence-corrected chi connectivity index (χ2v) is 10.1. The predicted octanol–water partition coefficient (Wildman–Crippen LogP) is 4.49. The van der Waals surface area contributed by atoms with Crippen molar-refractivity contribution in [3.05, 3.63) is 53.6 Å². The Hall–Kier alpha value is -3.99. The van der Waals surface area contributed by atoms with Gasteiger partial charge in [0.25, 0.3) is 5.91 Å². The monoisotopic (exact) mass is 584 g/mol. The molecule has 0 saturated carbocycles. The van der Waals surface area contributed by atoms with Gasteiger partial charge in [0.05, 0.1) is 20.3 Å². The fourth-order valence-electron chi connectivity index (χ4n) is 4.43. The molecule has 42 heavy (non-hydrogen) atoms. The highest BCUT2D eigenvalue weighted by Gasteiger charge is 2.27. The molecule has 1 aliphatic heterocycles. The Balaban J connectivity index is 1.54. The van der Waals surface area contributed by atoms with Gasteiger partial charge in [0.2, 0.25) is 0 Å². The zero-order chi connectivity index (χ0) is 30.2. The highest BCUT2D eigenvalue weighted by Crippen LogP contribution is 2.28. The maximum atomic E-state index is 13.3. The molecule has 0 spiro atoms. The number of ether oxygens (including phenoxy) is 4. The minimum atomic E-state index is -0.475. The first kappa shape index (κ1) is 32.5. The molecule has 3 rings (SSSR count). The van der Waals surface area contributed by atoms with Gasteiger partial charge in [-0.2, -0.15) is 0 Å². The molecule has 230 valence electrons. The van der Waals surface area contributed by atoms with Crippen molar-refractivity contribution in [2.45, 2.75) is 58.5 Å². The Labute approximate surface area is 248 Å². The smallest absolute Gasteiger partial charge is 0.411 e. The number of benzene rings is 2. The van der Waals surface area contributed by atoms with E-state index < -0.39 is 12.2 Å². The van der Waals surface area contributed by atoms with Crippen molar-refractivity contribution in [1.82, 2.24) is 15.5 Å². The summed E-state index contributed by atoms with van der Waals surface area (Å²) in [6.07, 6.45) is 3.27. The topological polar surface area (TPSA) is 127 Å². The average molecular weight is 585 g/mol. The van der Waals surface area contributed by atoms with Crippen molar-refractivity contribution < 1.29 is 33.3 Å². The highest BCUT2D eigenvalue weighted by molar-refractivity contribution is 5.84. The molecule has 0 aromatic heterocycles. The summed E-state index contributed by atoms with van der Waals surface area (Å²) >= 11 is 0. The molecule has 1 aliphatic rings. The number of anilines is 1. The number of unbranched alkanes of at least 4 members (excludes halogenated alkanes) is 2. The van der Waals surface area contributed by atoms with Crippen molar-refractivity contribution in [1.29, 1.82) is 0 Å². The number of alkyl carbamates (subject to hydrolysis) is 1. The molecule has 1 fully saturated rings. The largest absolute Gasteiger partial charge is 0.493 e. The number of hydrogen-bond donors (Lipinski definition) is 3. The molecular formula is C31H44N4O7. The van der Waals surface area contributed by atoms with Crippen LogP contribution in [0.3, 0.4) is 0 Å². The predicted molar refractivity (Wildman–Crippen MR) is 160 cm³/mol. The Kier molecular flexibility index (Phi) is 13.7. The number of nitrogens with one attached hydrogen (secondary N) is 3. The van der Waals surface area contributed by atoms with E-state index in [0.717, 1.165) is 36.8 Å². The van der Waals surface area contributed by atoms with Gasteiger partial charge in [-0.05, 0) is 54.7 Å². The SMILES string of the molecule is CCCCOC(=O)NCc1ccc(OC)c(OCC(=O)N2CCNCC2Cc2ccc(NC(=O)OCCCC)cc2)c1. The van der Waals surface area contributed by atoms with Crippen LogP contribution in [0.1, 0.15) is 50.7 Å². The summed E-state index contributed by atoms with van der Waals surface area (Å²) in [7, 11) is 1.54. The van der Waals surface area contributed by atoms with Gasteiger partial charge in [-0.25, -0.2) is 9.59 Å². The molecule has 3 N–H and O–H groups in total. The van der Waals surface area contributed by atoms with Crippen LogP contribution in [0.5, 0.6) is 11.5 Å². The molecule has 3 amide bonds. The third-order valence-corrected chi connectivity index (χ3v) is 6.82. The van der Waals surface area contributed by atoms with Crippen molar-refractivity contribution in [3.8, 4) is 11.5 Å². The normalized spacial score (nSPS) is 14.5. The molecule has 0 bridgehead atoms. The summed E-state index contributed by atoms with van der Waals surface area (Å²) in [5, 5.41) is 8.83. The minimum Gasteiger partial charge on any atom is -0.493 e. The summed E-state index contributed by atoms with van der Waals surface area (Å²) < 4.78 is 21.6. The van der Waals surface area contributed by atoms with Crippen LogP contribution >= 0.6 is 0 Å². The Bertz CT molecular complexity index is 1140. The Morgan fingerprint density at radius 3 is 2.31 bits per heavy atom. The summed E-state index contributed by atoms with van der Waals surface area (Å²) in [4.78, 5) is 38.9. The van der Waals surface area contributed by atoms with Gasteiger partial charge in [0, 0.05) is 37.9 Å². The molecule has 1 heterocycles. The third kappa shape index (κ3) is 10.8. The van der Waals surface area contributed by atoms with Gasteiger partial charge >= 0.3 is 12.2 Å². The Morgan fingerprint density at radius 1 is 0.929 bits per heavy atom. The number of methoxy groups -OCH3 is 1. The fourth-order valence-corrected chi connectivity index (χ4v) is 4.43. The highest BCUT2D eigenvalue weighted by atomic mass is 16.6. The first-order chi connectivity index (χ1) is 20.4. The van der Waals surface area contributed by atoms with Crippen LogP contribution in [0.25, 0.3) is 0 Å². The number of amides is 3. The van der Waals surface area contributed by atoms with Gasteiger partial charge in [-0.3, -0.25) is 10.1 Å². The van der Waals surface area contributed by atoms with Crippen LogP contribution in [0.2, 0.25) is 0 Å². The average Bonchev–Trinajstić information content (AvgIpc) is 3.00. The maximum absolute atomic E-state index is 13.3. The Morgan fingerprint density at radius 2 is 1.62 bits per heavy atom. The molecule has 1 atom stereocenters. The quantitative estimate of drug-likeness (QED) is 0.261. The van der Waals surface area contributed by atoms with Crippen molar-refractivity contribution in [3.63, 3.8) is 0 Å². The van der Waals surface area contributed by atoms with Gasteiger partial charge in [0.15, 0.2) is 18.1 Å². The van der Waals surface area contributed by atoms with E-state index in [1.807, 2.05) is 49.1 Å². The lowest BCUT2D eigenvalue weighted by Crippen LogP contribution is -2.55. The van der Waals surface area contributed by atoms with E-state index in [-0.39, 0.29) is 25.1 Å². The first-order valence-electron chi connectivity index (χ1n) is 14.7. The lowest BCUT2D eigenvalue weighted by molar-refractivity contribution is -0.136. The van der Waals surface area contributed by atoms with E-state index in [2.05, 4.69) is 16.0 Å². The van der Waals surface area contributed by atoms with Gasteiger partial charge in [0.1, 0.15) is 0 Å². The lowest BCUT2D eigenvalue weighted by Gasteiger charge is -2.36. The molecule has 0 aliphatic carbocycles. The van der Waals surface area contributed by atoms with Crippen LogP contribution in [0.15, 0.2) is 42.5 Å². The molecule has 2 aromatic rings. The van der Waals surface area contributed by atoms with Gasteiger partial charge in [-0.1, -0.05) is 44.9 Å². The van der Waals surface area contributed by atoms with Crippen molar-refractivity contribution in [2.75, 3.05) is 51.9 Å². The fraction of sp³-hybridized carbons (Fsp3) is 0.516. The minimum absolute atomic E-state index is 0.0520. The second kappa shape index (κ2) is 17.7. The van der Waals surface area contributed by atoms with Crippen molar-refractivity contribution in [2.24, 2.45) is 0 Å². The van der Waals surface area contributed by atoms with Crippen LogP contribution in [0.4, 0.5) is 15.3 Å². The molecule has 1 unspecified atom stereocenters. The zero-order valence-electron chi connectivity index (χ0n) is 24.9.